The van der Waals surface area contributed by atoms with Crippen LogP contribution < -0.4 is 5.32 Å². The van der Waals surface area contributed by atoms with Crippen LogP contribution in [-0.4, -0.2) is 35.6 Å². The molecule has 0 aliphatic rings. The fourth-order valence-electron chi connectivity index (χ4n) is 1.95. The lowest BCUT2D eigenvalue weighted by molar-refractivity contribution is -0.145. The van der Waals surface area contributed by atoms with Gasteiger partial charge in [-0.1, -0.05) is 13.0 Å². The van der Waals surface area contributed by atoms with Crippen molar-refractivity contribution < 1.29 is 33.0 Å². The number of carbonyl (C=O) groups is 3. The second-order valence-electron chi connectivity index (χ2n) is 4.88. The maximum atomic E-state index is 13.6. The molecule has 0 saturated heterocycles. The van der Waals surface area contributed by atoms with E-state index in [4.69, 9.17) is 4.74 Å². The van der Waals surface area contributed by atoms with E-state index in [1.807, 2.05) is 0 Å². The van der Waals surface area contributed by atoms with E-state index < -0.39 is 47.0 Å². The first kappa shape index (κ1) is 18.5. The van der Waals surface area contributed by atoms with Crippen LogP contribution in [0.5, 0.6) is 0 Å². The van der Waals surface area contributed by atoms with Crippen LogP contribution in [0.2, 0.25) is 0 Å². The Balaban J connectivity index is 2.87. The summed E-state index contributed by atoms with van der Waals surface area (Å²) in [5, 5.41) is 11.3. The SMILES string of the molecule is CCOC(=O)C[C@H](C)[C@@H](NC(=O)c1cccc(F)c1F)C(=O)O. The Morgan fingerprint density at radius 3 is 2.52 bits per heavy atom. The smallest absolute Gasteiger partial charge is 0.326 e. The zero-order valence-electron chi connectivity index (χ0n) is 12.6. The van der Waals surface area contributed by atoms with Crippen LogP contribution in [-0.2, 0) is 14.3 Å². The molecule has 1 aromatic carbocycles. The summed E-state index contributed by atoms with van der Waals surface area (Å²) in [7, 11) is 0. The molecule has 2 N–H and O–H groups in total. The predicted molar refractivity (Wildman–Crippen MR) is 75.7 cm³/mol. The number of carboxylic acid groups (broad SMARTS) is 1. The topological polar surface area (TPSA) is 92.7 Å². The molecule has 23 heavy (non-hydrogen) atoms. The van der Waals surface area contributed by atoms with Gasteiger partial charge in [-0.25, -0.2) is 13.6 Å². The van der Waals surface area contributed by atoms with Gasteiger partial charge >= 0.3 is 11.9 Å². The molecule has 0 radical (unpaired) electrons. The van der Waals surface area contributed by atoms with Crippen LogP contribution in [0.25, 0.3) is 0 Å². The van der Waals surface area contributed by atoms with Crippen LogP contribution in [0.1, 0.15) is 30.6 Å². The summed E-state index contributed by atoms with van der Waals surface area (Å²) in [5.41, 5.74) is -0.611. The van der Waals surface area contributed by atoms with E-state index >= 15 is 0 Å². The van der Waals surface area contributed by atoms with Gasteiger partial charge in [-0.05, 0) is 25.0 Å². The number of nitrogens with one attached hydrogen (secondary N) is 1. The number of carboxylic acids is 1. The van der Waals surface area contributed by atoms with Crippen LogP contribution >= 0.6 is 0 Å². The van der Waals surface area contributed by atoms with E-state index in [2.05, 4.69) is 5.32 Å². The zero-order chi connectivity index (χ0) is 17.6. The molecule has 0 fully saturated rings. The van der Waals surface area contributed by atoms with Crippen molar-refractivity contribution >= 4 is 17.8 Å². The minimum absolute atomic E-state index is 0.143. The van der Waals surface area contributed by atoms with Gasteiger partial charge in [-0.15, -0.1) is 0 Å². The molecule has 0 aromatic heterocycles. The molecule has 0 aliphatic heterocycles. The Bertz CT molecular complexity index is 606. The first-order valence-corrected chi connectivity index (χ1v) is 6.91. The molecule has 2 atom stereocenters. The number of carbonyl (C=O) groups excluding carboxylic acids is 2. The summed E-state index contributed by atoms with van der Waals surface area (Å²) < 4.78 is 31.4. The molecule has 0 aliphatic carbocycles. The van der Waals surface area contributed by atoms with Crippen molar-refractivity contribution in [3.8, 4) is 0 Å². The number of ether oxygens (including phenoxy) is 1. The normalized spacial score (nSPS) is 13.0. The average Bonchev–Trinajstić information content (AvgIpc) is 2.47. The average molecular weight is 329 g/mol. The third-order valence-electron chi connectivity index (χ3n) is 3.11. The highest BCUT2D eigenvalue weighted by molar-refractivity contribution is 5.97. The van der Waals surface area contributed by atoms with Crippen LogP contribution in [0.4, 0.5) is 8.78 Å². The summed E-state index contributed by atoms with van der Waals surface area (Å²) in [6.07, 6.45) is -0.239. The molecule has 1 aromatic rings. The van der Waals surface area contributed by atoms with Gasteiger partial charge in [-0.3, -0.25) is 9.59 Å². The fourth-order valence-corrected chi connectivity index (χ4v) is 1.95. The molecule has 1 rings (SSSR count). The minimum atomic E-state index is -1.45. The van der Waals surface area contributed by atoms with Crippen LogP contribution in [0.15, 0.2) is 18.2 Å². The Morgan fingerprint density at radius 2 is 1.96 bits per heavy atom. The van der Waals surface area contributed by atoms with Gasteiger partial charge in [0, 0.05) is 0 Å². The lowest BCUT2D eigenvalue weighted by Gasteiger charge is -2.21. The molecule has 126 valence electrons. The van der Waals surface area contributed by atoms with Crippen molar-refractivity contribution in [2.75, 3.05) is 6.61 Å². The van der Waals surface area contributed by atoms with Gasteiger partial charge < -0.3 is 15.2 Å². The number of hydrogen-bond acceptors (Lipinski definition) is 4. The van der Waals surface area contributed by atoms with E-state index in [9.17, 15) is 28.3 Å². The highest BCUT2D eigenvalue weighted by Gasteiger charge is 2.30. The lowest BCUT2D eigenvalue weighted by Crippen LogP contribution is -2.46. The molecule has 0 spiro atoms. The number of esters is 1. The molecular weight excluding hydrogens is 312 g/mol. The summed E-state index contributed by atoms with van der Waals surface area (Å²) in [4.78, 5) is 34.6. The monoisotopic (exact) mass is 329 g/mol. The van der Waals surface area contributed by atoms with Crippen LogP contribution in [0.3, 0.4) is 0 Å². The molecule has 0 bridgehead atoms. The van der Waals surface area contributed by atoms with Gasteiger partial charge in [0.2, 0.25) is 0 Å². The fraction of sp³-hybridized carbons (Fsp3) is 0.400. The van der Waals surface area contributed by atoms with E-state index in [1.165, 1.54) is 6.92 Å². The van der Waals surface area contributed by atoms with E-state index in [0.717, 1.165) is 18.2 Å². The van der Waals surface area contributed by atoms with Crippen molar-refractivity contribution in [2.45, 2.75) is 26.3 Å². The van der Waals surface area contributed by atoms with E-state index in [0.29, 0.717) is 0 Å². The Hall–Kier alpha value is -2.51. The van der Waals surface area contributed by atoms with Gasteiger partial charge in [0.25, 0.3) is 5.91 Å². The Morgan fingerprint density at radius 1 is 1.30 bits per heavy atom. The predicted octanol–water partition coefficient (Wildman–Crippen LogP) is 1.74. The highest BCUT2D eigenvalue weighted by atomic mass is 19.2. The minimum Gasteiger partial charge on any atom is -0.480 e. The first-order chi connectivity index (χ1) is 10.8. The Kier molecular flexibility index (Phi) is 6.62. The lowest BCUT2D eigenvalue weighted by atomic mass is 9.98. The Labute approximate surface area is 131 Å². The maximum absolute atomic E-state index is 13.6. The number of amides is 1. The van der Waals surface area contributed by atoms with Crippen molar-refractivity contribution in [2.24, 2.45) is 5.92 Å². The summed E-state index contributed by atoms with van der Waals surface area (Å²) in [5.74, 6) is -6.47. The number of hydrogen-bond donors (Lipinski definition) is 2. The molecule has 0 unspecified atom stereocenters. The van der Waals surface area contributed by atoms with Crippen molar-refractivity contribution in [1.82, 2.24) is 5.32 Å². The maximum Gasteiger partial charge on any atom is 0.326 e. The van der Waals surface area contributed by atoms with E-state index in [-0.39, 0.29) is 13.0 Å². The van der Waals surface area contributed by atoms with Gasteiger partial charge in [0.15, 0.2) is 11.6 Å². The molecule has 0 heterocycles. The first-order valence-electron chi connectivity index (χ1n) is 6.91. The molecule has 1 amide bonds. The van der Waals surface area contributed by atoms with Gasteiger partial charge in [0.05, 0.1) is 18.6 Å². The number of halogens is 2. The number of benzene rings is 1. The third kappa shape index (κ3) is 5.01. The summed E-state index contributed by atoms with van der Waals surface area (Å²) in [6.45, 7) is 3.17. The third-order valence-corrected chi connectivity index (χ3v) is 3.11. The van der Waals surface area contributed by atoms with Gasteiger partial charge in [0.1, 0.15) is 6.04 Å². The highest BCUT2D eigenvalue weighted by Crippen LogP contribution is 2.14. The number of rotatable bonds is 7. The standard InChI is InChI=1S/C15H17F2NO5/c1-3-23-11(19)7-8(2)13(15(21)22)18-14(20)9-5-4-6-10(16)12(9)17/h4-6,8,13H,3,7H2,1-2H3,(H,18,20)(H,21,22)/t8-,13+/m0/s1. The second-order valence-corrected chi connectivity index (χ2v) is 4.88. The van der Waals surface area contributed by atoms with Gasteiger partial charge in [-0.2, -0.15) is 0 Å². The van der Waals surface area contributed by atoms with Crippen molar-refractivity contribution in [1.29, 1.82) is 0 Å². The van der Waals surface area contributed by atoms with Crippen molar-refractivity contribution in [3.63, 3.8) is 0 Å². The second kappa shape index (κ2) is 8.21. The molecule has 0 saturated carbocycles. The zero-order valence-corrected chi connectivity index (χ0v) is 12.6. The number of aliphatic carboxylic acids is 1. The molecule has 8 heteroatoms. The summed E-state index contributed by atoms with van der Waals surface area (Å²) in [6, 6.07) is 1.55. The largest absolute Gasteiger partial charge is 0.480 e. The van der Waals surface area contributed by atoms with E-state index in [1.54, 1.807) is 6.92 Å². The van der Waals surface area contributed by atoms with Crippen molar-refractivity contribution in [3.05, 3.63) is 35.4 Å². The van der Waals surface area contributed by atoms with Crippen LogP contribution in [0, 0.1) is 17.6 Å². The quantitative estimate of drug-likeness (QED) is 0.743. The summed E-state index contributed by atoms with van der Waals surface area (Å²) >= 11 is 0. The molecule has 6 nitrogen and oxygen atoms in total. The molecular formula is C15H17F2NO5.